The molecule has 0 aliphatic heterocycles. The summed E-state index contributed by atoms with van der Waals surface area (Å²) in [5.74, 6) is -1.43. The average molecular weight is 491 g/mol. The van der Waals surface area contributed by atoms with Crippen molar-refractivity contribution < 1.29 is 27.4 Å². The molecule has 0 atom stereocenters. The number of hydrogen-bond acceptors (Lipinski definition) is 3. The van der Waals surface area contributed by atoms with Gasteiger partial charge in [-0.05, 0) is 106 Å². The molecular weight excluding hydrogens is 453 g/mol. The van der Waals surface area contributed by atoms with Crippen molar-refractivity contribution in [3.8, 4) is 5.75 Å². The molecule has 2 fully saturated rings. The lowest BCUT2D eigenvalue weighted by atomic mass is 9.79. The maximum Gasteiger partial charge on any atom is 0.165 e. The summed E-state index contributed by atoms with van der Waals surface area (Å²) in [6.45, 7) is 5.24. The average Bonchev–Trinajstić information content (AvgIpc) is 2.87. The summed E-state index contributed by atoms with van der Waals surface area (Å²) in [7, 11) is 0. The second-order valence-corrected chi connectivity index (χ2v) is 9.78. The quantitative estimate of drug-likeness (QED) is 0.359. The van der Waals surface area contributed by atoms with Gasteiger partial charge in [-0.2, -0.15) is 0 Å². The Hall–Kier alpha value is -2.05. The second-order valence-electron chi connectivity index (χ2n) is 9.78. The molecule has 2 saturated carbocycles. The zero-order valence-corrected chi connectivity index (χ0v) is 20.8. The molecule has 4 rings (SSSR count). The zero-order valence-electron chi connectivity index (χ0n) is 20.8. The van der Waals surface area contributed by atoms with E-state index in [-0.39, 0.29) is 35.6 Å². The van der Waals surface area contributed by atoms with Crippen LogP contribution >= 0.6 is 0 Å². The summed E-state index contributed by atoms with van der Waals surface area (Å²) in [5.41, 5.74) is 1.76. The van der Waals surface area contributed by atoms with Crippen LogP contribution in [0.5, 0.6) is 5.75 Å². The van der Waals surface area contributed by atoms with Crippen molar-refractivity contribution in [1.29, 1.82) is 0 Å². The maximum atomic E-state index is 15.1. The first-order valence-electron chi connectivity index (χ1n) is 13.1. The first-order valence-corrected chi connectivity index (χ1v) is 13.1. The van der Waals surface area contributed by atoms with Gasteiger partial charge >= 0.3 is 0 Å². The Balaban J connectivity index is 1.30. The highest BCUT2D eigenvalue weighted by molar-refractivity contribution is 5.32. The van der Waals surface area contributed by atoms with Crippen LogP contribution in [-0.2, 0) is 16.1 Å². The van der Waals surface area contributed by atoms with Gasteiger partial charge in [0, 0.05) is 6.61 Å². The standard InChI is InChI=1S/C29H37F3O3/c1-3-33-22-10-6-20(7-11-22)24-14-15-25(29(32)28(24)31)21-8-12-23(13-9-21)35-18-19-5-16-27(34-4-2)26(30)17-19/h5,14-17,20-23H,3-4,6-13,18H2,1-2H3. The Labute approximate surface area is 207 Å². The molecule has 2 aliphatic rings. The summed E-state index contributed by atoms with van der Waals surface area (Å²) in [5, 5.41) is 0. The Kier molecular flexibility index (Phi) is 9.12. The maximum absolute atomic E-state index is 15.1. The van der Waals surface area contributed by atoms with Gasteiger partial charge in [0.1, 0.15) is 0 Å². The van der Waals surface area contributed by atoms with Crippen LogP contribution in [0, 0.1) is 17.5 Å². The van der Waals surface area contributed by atoms with Crippen LogP contribution in [0.3, 0.4) is 0 Å². The summed E-state index contributed by atoms with van der Waals surface area (Å²) >= 11 is 0. The van der Waals surface area contributed by atoms with E-state index in [4.69, 9.17) is 14.2 Å². The van der Waals surface area contributed by atoms with E-state index in [0.29, 0.717) is 30.9 Å². The SMILES string of the molecule is CCOc1ccc(COC2CCC(c3ccc(C4CCC(OCC)CC4)c(F)c3F)CC2)cc1F. The molecule has 0 unspecified atom stereocenters. The van der Waals surface area contributed by atoms with E-state index in [0.717, 1.165) is 56.9 Å². The fourth-order valence-corrected chi connectivity index (χ4v) is 5.65. The Morgan fingerprint density at radius 2 is 1.23 bits per heavy atom. The van der Waals surface area contributed by atoms with Crippen molar-refractivity contribution in [3.63, 3.8) is 0 Å². The molecule has 2 aromatic rings. The molecule has 0 amide bonds. The van der Waals surface area contributed by atoms with Gasteiger partial charge in [0.15, 0.2) is 23.2 Å². The third-order valence-electron chi connectivity index (χ3n) is 7.55. The predicted octanol–water partition coefficient (Wildman–Crippen LogP) is 7.81. The first-order chi connectivity index (χ1) is 17.0. The molecule has 6 heteroatoms. The number of benzene rings is 2. The molecular formula is C29H37F3O3. The fraction of sp³-hybridized carbons (Fsp3) is 0.586. The molecule has 0 aromatic heterocycles. The molecule has 35 heavy (non-hydrogen) atoms. The molecule has 3 nitrogen and oxygen atoms in total. The molecule has 0 saturated heterocycles. The van der Waals surface area contributed by atoms with Crippen LogP contribution in [0.2, 0.25) is 0 Å². The number of ether oxygens (including phenoxy) is 3. The van der Waals surface area contributed by atoms with Gasteiger partial charge in [-0.25, -0.2) is 13.2 Å². The van der Waals surface area contributed by atoms with Gasteiger partial charge in [0.2, 0.25) is 0 Å². The summed E-state index contributed by atoms with van der Waals surface area (Å²) in [6, 6.07) is 8.49. The normalized spacial score (nSPS) is 24.9. The molecule has 2 aromatic carbocycles. The molecule has 0 radical (unpaired) electrons. The van der Waals surface area contributed by atoms with Crippen molar-refractivity contribution in [3.05, 3.63) is 64.5 Å². The van der Waals surface area contributed by atoms with Crippen LogP contribution in [0.25, 0.3) is 0 Å². The van der Waals surface area contributed by atoms with E-state index >= 15 is 8.78 Å². The van der Waals surface area contributed by atoms with Gasteiger partial charge in [-0.1, -0.05) is 18.2 Å². The van der Waals surface area contributed by atoms with E-state index < -0.39 is 11.6 Å². The van der Waals surface area contributed by atoms with E-state index in [1.807, 2.05) is 26.0 Å². The minimum Gasteiger partial charge on any atom is -0.491 e. The highest BCUT2D eigenvalue weighted by atomic mass is 19.2. The van der Waals surface area contributed by atoms with Crippen molar-refractivity contribution in [2.75, 3.05) is 13.2 Å². The highest BCUT2D eigenvalue weighted by Gasteiger charge is 2.30. The van der Waals surface area contributed by atoms with Crippen LogP contribution in [0.4, 0.5) is 13.2 Å². The third kappa shape index (κ3) is 6.39. The number of rotatable bonds is 9. The summed E-state index contributed by atoms with van der Waals surface area (Å²) in [6.07, 6.45) is 6.78. The van der Waals surface area contributed by atoms with Crippen molar-refractivity contribution in [1.82, 2.24) is 0 Å². The minimum atomic E-state index is -0.677. The molecule has 0 heterocycles. The molecule has 192 valence electrons. The van der Waals surface area contributed by atoms with Crippen molar-refractivity contribution >= 4 is 0 Å². The van der Waals surface area contributed by atoms with Gasteiger partial charge in [0.05, 0.1) is 25.4 Å². The zero-order chi connectivity index (χ0) is 24.8. The highest BCUT2D eigenvalue weighted by Crippen LogP contribution is 2.40. The predicted molar refractivity (Wildman–Crippen MR) is 130 cm³/mol. The van der Waals surface area contributed by atoms with Crippen molar-refractivity contribution in [2.45, 2.75) is 95.9 Å². The second kappa shape index (κ2) is 12.3. The van der Waals surface area contributed by atoms with Crippen LogP contribution in [-0.4, -0.2) is 25.4 Å². The van der Waals surface area contributed by atoms with Gasteiger partial charge in [-0.3, -0.25) is 0 Å². The van der Waals surface area contributed by atoms with E-state index in [1.165, 1.54) is 6.07 Å². The van der Waals surface area contributed by atoms with Gasteiger partial charge in [-0.15, -0.1) is 0 Å². The lowest BCUT2D eigenvalue weighted by Crippen LogP contribution is -2.23. The lowest BCUT2D eigenvalue weighted by molar-refractivity contribution is 0.0129. The number of hydrogen-bond donors (Lipinski definition) is 0. The lowest BCUT2D eigenvalue weighted by Gasteiger charge is -2.31. The minimum absolute atomic E-state index is 0.00462. The third-order valence-corrected chi connectivity index (χ3v) is 7.55. The molecule has 0 bridgehead atoms. The fourth-order valence-electron chi connectivity index (χ4n) is 5.65. The number of halogens is 3. The summed E-state index contributed by atoms with van der Waals surface area (Å²) in [4.78, 5) is 0. The van der Waals surface area contributed by atoms with Crippen LogP contribution < -0.4 is 4.74 Å². The van der Waals surface area contributed by atoms with Crippen molar-refractivity contribution in [2.24, 2.45) is 0 Å². The van der Waals surface area contributed by atoms with E-state index in [1.54, 1.807) is 12.1 Å². The monoisotopic (exact) mass is 490 g/mol. The van der Waals surface area contributed by atoms with Gasteiger partial charge < -0.3 is 14.2 Å². The Bertz CT molecular complexity index is 964. The Morgan fingerprint density at radius 3 is 1.71 bits per heavy atom. The Morgan fingerprint density at radius 1 is 0.686 bits per heavy atom. The molecule has 0 N–H and O–H groups in total. The topological polar surface area (TPSA) is 27.7 Å². The van der Waals surface area contributed by atoms with Crippen LogP contribution in [0.15, 0.2) is 30.3 Å². The first kappa shape index (κ1) is 26.0. The van der Waals surface area contributed by atoms with E-state index in [2.05, 4.69) is 0 Å². The van der Waals surface area contributed by atoms with E-state index in [9.17, 15) is 4.39 Å². The van der Waals surface area contributed by atoms with Crippen LogP contribution in [0.1, 0.15) is 93.7 Å². The molecule has 0 spiro atoms. The molecule has 2 aliphatic carbocycles. The largest absolute Gasteiger partial charge is 0.491 e. The van der Waals surface area contributed by atoms with Gasteiger partial charge in [0.25, 0.3) is 0 Å². The smallest absolute Gasteiger partial charge is 0.165 e. The summed E-state index contributed by atoms with van der Waals surface area (Å²) < 4.78 is 61.2.